The lowest BCUT2D eigenvalue weighted by atomic mass is 10.3. The van der Waals surface area contributed by atoms with Crippen LogP contribution in [0.2, 0.25) is 0 Å². The first-order valence-electron chi connectivity index (χ1n) is 4.34. The first-order valence-corrected chi connectivity index (χ1v) is 4.34. The first-order chi connectivity index (χ1) is 7.30. The number of hydrogen-bond donors (Lipinski definition) is 0. The van der Waals surface area contributed by atoms with Gasteiger partial charge in [-0.25, -0.2) is 0 Å². The van der Waals surface area contributed by atoms with E-state index in [1.54, 1.807) is 30.4 Å². The lowest BCUT2D eigenvalue weighted by Crippen LogP contribution is -1.93. The number of allylic oxidation sites excluding steroid dienone is 3. The molecule has 15 heavy (non-hydrogen) atoms. The summed E-state index contributed by atoms with van der Waals surface area (Å²) in [5.41, 5.74) is 0.328. The summed E-state index contributed by atoms with van der Waals surface area (Å²) in [5, 5.41) is 0. The van der Waals surface area contributed by atoms with Gasteiger partial charge in [0.1, 0.15) is 17.2 Å². The standard InChI is InChI=1S/C12H11NO2/c1-3-5-11(4-2)15-12-6-7-13-10(8-12)9-14/h3-9H,1-2H2/b11-5+. The summed E-state index contributed by atoms with van der Waals surface area (Å²) in [6, 6.07) is 3.21. The average Bonchev–Trinajstić information content (AvgIpc) is 2.29. The summed E-state index contributed by atoms with van der Waals surface area (Å²) >= 11 is 0. The minimum absolute atomic E-state index is 0.328. The average molecular weight is 201 g/mol. The largest absolute Gasteiger partial charge is 0.457 e. The third-order valence-electron chi connectivity index (χ3n) is 1.59. The predicted molar refractivity (Wildman–Crippen MR) is 58.7 cm³/mol. The number of aldehydes is 1. The molecule has 0 aliphatic heterocycles. The fourth-order valence-electron chi connectivity index (χ4n) is 0.952. The van der Waals surface area contributed by atoms with Crippen molar-refractivity contribution in [1.82, 2.24) is 4.98 Å². The summed E-state index contributed by atoms with van der Waals surface area (Å²) in [7, 11) is 0. The highest BCUT2D eigenvalue weighted by molar-refractivity contribution is 5.72. The van der Waals surface area contributed by atoms with E-state index in [1.165, 1.54) is 6.20 Å². The van der Waals surface area contributed by atoms with Crippen LogP contribution in [-0.4, -0.2) is 11.3 Å². The molecule has 0 aliphatic rings. The van der Waals surface area contributed by atoms with Crippen LogP contribution in [0.5, 0.6) is 5.75 Å². The molecule has 0 spiro atoms. The third kappa shape index (κ3) is 3.23. The second kappa shape index (κ2) is 5.54. The van der Waals surface area contributed by atoms with Gasteiger partial charge < -0.3 is 4.74 Å². The molecule has 0 aromatic carbocycles. The van der Waals surface area contributed by atoms with E-state index in [-0.39, 0.29) is 0 Å². The fraction of sp³-hybridized carbons (Fsp3) is 0. The van der Waals surface area contributed by atoms with E-state index in [4.69, 9.17) is 4.74 Å². The molecular weight excluding hydrogens is 190 g/mol. The molecule has 0 N–H and O–H groups in total. The second-order valence-corrected chi connectivity index (χ2v) is 2.65. The molecule has 0 unspecified atom stereocenters. The van der Waals surface area contributed by atoms with E-state index in [1.807, 2.05) is 0 Å². The zero-order valence-electron chi connectivity index (χ0n) is 8.22. The van der Waals surface area contributed by atoms with Crippen LogP contribution < -0.4 is 4.74 Å². The summed E-state index contributed by atoms with van der Waals surface area (Å²) in [6.45, 7) is 7.14. The van der Waals surface area contributed by atoms with Gasteiger partial charge in [-0.15, -0.1) is 0 Å². The number of carbonyl (C=O) groups excluding carboxylic acids is 1. The van der Waals surface area contributed by atoms with Crippen molar-refractivity contribution in [3.05, 3.63) is 61.2 Å². The van der Waals surface area contributed by atoms with Crippen molar-refractivity contribution >= 4 is 6.29 Å². The van der Waals surface area contributed by atoms with E-state index >= 15 is 0 Å². The SMILES string of the molecule is C=C/C=C(\C=C)Oc1ccnc(C=O)c1. The molecule has 3 heteroatoms. The molecule has 0 atom stereocenters. The first kappa shape index (κ1) is 10.9. The van der Waals surface area contributed by atoms with Gasteiger partial charge in [-0.3, -0.25) is 9.78 Å². The molecule has 0 fully saturated rings. The van der Waals surface area contributed by atoms with Gasteiger partial charge in [0.2, 0.25) is 0 Å². The fourth-order valence-corrected chi connectivity index (χ4v) is 0.952. The van der Waals surface area contributed by atoms with E-state index in [2.05, 4.69) is 18.1 Å². The number of ether oxygens (including phenoxy) is 1. The summed E-state index contributed by atoms with van der Waals surface area (Å²) in [6.07, 6.45) is 7.00. The van der Waals surface area contributed by atoms with Gasteiger partial charge in [0.25, 0.3) is 0 Å². The van der Waals surface area contributed by atoms with Gasteiger partial charge in [0.15, 0.2) is 6.29 Å². The Labute approximate surface area is 88.4 Å². The Morgan fingerprint density at radius 2 is 2.27 bits per heavy atom. The molecule has 0 saturated heterocycles. The zero-order valence-corrected chi connectivity index (χ0v) is 8.22. The predicted octanol–water partition coefficient (Wildman–Crippen LogP) is 2.53. The molecule has 76 valence electrons. The van der Waals surface area contributed by atoms with Gasteiger partial charge in [0, 0.05) is 12.3 Å². The third-order valence-corrected chi connectivity index (χ3v) is 1.59. The van der Waals surface area contributed by atoms with Crippen molar-refractivity contribution in [2.75, 3.05) is 0 Å². The maximum atomic E-state index is 10.5. The van der Waals surface area contributed by atoms with Crippen LogP contribution in [0, 0.1) is 0 Å². The van der Waals surface area contributed by atoms with Gasteiger partial charge >= 0.3 is 0 Å². The van der Waals surface area contributed by atoms with Crippen LogP contribution in [0.4, 0.5) is 0 Å². The molecule has 0 aliphatic carbocycles. The highest BCUT2D eigenvalue weighted by Crippen LogP contribution is 2.14. The molecule has 3 nitrogen and oxygen atoms in total. The van der Waals surface area contributed by atoms with Crippen molar-refractivity contribution in [2.24, 2.45) is 0 Å². The van der Waals surface area contributed by atoms with E-state index in [0.29, 0.717) is 23.5 Å². The van der Waals surface area contributed by atoms with Crippen molar-refractivity contribution in [3.63, 3.8) is 0 Å². The molecular formula is C12H11NO2. The number of pyridine rings is 1. The van der Waals surface area contributed by atoms with E-state index < -0.39 is 0 Å². The highest BCUT2D eigenvalue weighted by Gasteiger charge is 1.98. The molecule has 1 rings (SSSR count). The Morgan fingerprint density at radius 3 is 2.87 bits per heavy atom. The van der Waals surface area contributed by atoms with Crippen LogP contribution in [-0.2, 0) is 0 Å². The normalized spacial score (nSPS) is 10.5. The summed E-state index contributed by atoms with van der Waals surface area (Å²) in [5.74, 6) is 1.10. The summed E-state index contributed by atoms with van der Waals surface area (Å²) in [4.78, 5) is 14.3. The minimum atomic E-state index is 0.328. The highest BCUT2D eigenvalue weighted by atomic mass is 16.5. The Balaban J connectivity index is 2.87. The lowest BCUT2D eigenvalue weighted by Gasteiger charge is -2.05. The van der Waals surface area contributed by atoms with Gasteiger partial charge in [-0.2, -0.15) is 0 Å². The van der Waals surface area contributed by atoms with Crippen molar-refractivity contribution in [1.29, 1.82) is 0 Å². The number of carbonyl (C=O) groups is 1. The van der Waals surface area contributed by atoms with Crippen LogP contribution in [0.3, 0.4) is 0 Å². The Bertz CT molecular complexity index is 408. The number of nitrogens with zero attached hydrogens (tertiary/aromatic N) is 1. The molecule has 0 radical (unpaired) electrons. The van der Waals surface area contributed by atoms with Crippen LogP contribution in [0.1, 0.15) is 10.5 Å². The summed E-state index contributed by atoms with van der Waals surface area (Å²) < 4.78 is 5.42. The second-order valence-electron chi connectivity index (χ2n) is 2.65. The van der Waals surface area contributed by atoms with Crippen LogP contribution in [0.15, 0.2) is 55.5 Å². The number of aromatic nitrogens is 1. The Hall–Kier alpha value is -2.16. The molecule has 0 bridgehead atoms. The van der Waals surface area contributed by atoms with Gasteiger partial charge in [-0.05, 0) is 18.2 Å². The van der Waals surface area contributed by atoms with E-state index in [0.717, 1.165) is 0 Å². The molecule has 1 heterocycles. The zero-order chi connectivity index (χ0) is 11.1. The maximum Gasteiger partial charge on any atom is 0.168 e. The Morgan fingerprint density at radius 1 is 1.47 bits per heavy atom. The Kier molecular flexibility index (Phi) is 4.04. The van der Waals surface area contributed by atoms with Crippen molar-refractivity contribution < 1.29 is 9.53 Å². The minimum Gasteiger partial charge on any atom is -0.457 e. The van der Waals surface area contributed by atoms with Gasteiger partial charge in [-0.1, -0.05) is 19.2 Å². The topological polar surface area (TPSA) is 39.2 Å². The lowest BCUT2D eigenvalue weighted by molar-refractivity contribution is 0.111. The quantitative estimate of drug-likeness (QED) is 0.417. The van der Waals surface area contributed by atoms with Crippen LogP contribution in [0.25, 0.3) is 0 Å². The van der Waals surface area contributed by atoms with Crippen LogP contribution >= 0.6 is 0 Å². The van der Waals surface area contributed by atoms with Crippen molar-refractivity contribution in [2.45, 2.75) is 0 Å². The van der Waals surface area contributed by atoms with Gasteiger partial charge in [0.05, 0.1) is 0 Å². The number of rotatable bonds is 5. The smallest absolute Gasteiger partial charge is 0.168 e. The maximum absolute atomic E-state index is 10.5. The molecule has 0 saturated carbocycles. The molecule has 0 amide bonds. The monoisotopic (exact) mass is 201 g/mol. The van der Waals surface area contributed by atoms with E-state index in [9.17, 15) is 4.79 Å². The molecule has 1 aromatic rings. The number of hydrogen-bond acceptors (Lipinski definition) is 3. The molecule has 1 aromatic heterocycles. The van der Waals surface area contributed by atoms with Crippen molar-refractivity contribution in [3.8, 4) is 5.75 Å².